The van der Waals surface area contributed by atoms with E-state index in [1.54, 1.807) is 14.2 Å². The molecule has 0 saturated carbocycles. The second-order valence-corrected chi connectivity index (χ2v) is 7.13. The van der Waals surface area contributed by atoms with Crippen molar-refractivity contribution in [2.75, 3.05) is 19.5 Å². The summed E-state index contributed by atoms with van der Waals surface area (Å²) in [5.41, 5.74) is 3.29. The number of halogens is 1. The number of benzene rings is 3. The molecule has 5 heteroatoms. The third-order valence-corrected chi connectivity index (χ3v) is 4.90. The third kappa shape index (κ3) is 5.29. The molecule has 27 heavy (non-hydrogen) atoms. The zero-order chi connectivity index (χ0) is 19.1. The molecule has 4 nitrogen and oxygen atoms in total. The number of ether oxygens (including phenoxy) is 3. The van der Waals surface area contributed by atoms with Gasteiger partial charge in [0, 0.05) is 12.2 Å². The molecule has 0 aromatic heterocycles. The van der Waals surface area contributed by atoms with Crippen molar-refractivity contribution in [1.29, 1.82) is 0 Å². The van der Waals surface area contributed by atoms with E-state index >= 15 is 0 Å². The number of methoxy groups -OCH3 is 2. The van der Waals surface area contributed by atoms with Gasteiger partial charge in [-0.25, -0.2) is 0 Å². The SMILES string of the molecule is COc1ccc(NCc2cc(I)c(OCc3ccccc3)c(OC)c2)cc1. The average Bonchev–Trinajstić information content (AvgIpc) is 2.72. The van der Waals surface area contributed by atoms with Crippen LogP contribution in [0.5, 0.6) is 17.2 Å². The summed E-state index contributed by atoms with van der Waals surface area (Å²) in [5.74, 6) is 2.36. The first-order valence-corrected chi connectivity index (χ1v) is 9.68. The predicted molar refractivity (Wildman–Crippen MR) is 117 cm³/mol. The van der Waals surface area contributed by atoms with Crippen molar-refractivity contribution in [3.63, 3.8) is 0 Å². The molecule has 0 bridgehead atoms. The highest BCUT2D eigenvalue weighted by Gasteiger charge is 2.12. The Hall–Kier alpha value is -2.41. The van der Waals surface area contributed by atoms with E-state index in [1.165, 1.54) is 0 Å². The molecule has 0 atom stereocenters. The summed E-state index contributed by atoms with van der Waals surface area (Å²) < 4.78 is 17.8. The van der Waals surface area contributed by atoms with Crippen molar-refractivity contribution in [2.45, 2.75) is 13.2 Å². The first-order valence-electron chi connectivity index (χ1n) is 8.60. The van der Waals surface area contributed by atoms with Crippen LogP contribution < -0.4 is 19.5 Å². The van der Waals surface area contributed by atoms with E-state index in [4.69, 9.17) is 14.2 Å². The maximum absolute atomic E-state index is 6.02. The molecule has 0 amide bonds. The summed E-state index contributed by atoms with van der Waals surface area (Å²) in [5, 5.41) is 3.41. The second kappa shape index (κ2) is 9.50. The zero-order valence-corrected chi connectivity index (χ0v) is 17.5. The van der Waals surface area contributed by atoms with Crippen molar-refractivity contribution in [3.05, 3.63) is 81.4 Å². The van der Waals surface area contributed by atoms with E-state index in [1.807, 2.05) is 60.7 Å². The summed E-state index contributed by atoms with van der Waals surface area (Å²) in [4.78, 5) is 0. The van der Waals surface area contributed by atoms with Crippen LogP contribution in [-0.2, 0) is 13.2 Å². The van der Waals surface area contributed by atoms with Crippen LogP contribution in [0.25, 0.3) is 0 Å². The first kappa shape index (κ1) is 19.4. The van der Waals surface area contributed by atoms with Gasteiger partial charge in [0.15, 0.2) is 11.5 Å². The number of hydrogen-bond acceptors (Lipinski definition) is 4. The van der Waals surface area contributed by atoms with Crippen molar-refractivity contribution >= 4 is 28.3 Å². The largest absolute Gasteiger partial charge is 0.497 e. The molecular weight excluding hydrogens is 453 g/mol. The van der Waals surface area contributed by atoms with Gasteiger partial charge >= 0.3 is 0 Å². The molecule has 0 unspecified atom stereocenters. The molecule has 0 heterocycles. The Balaban J connectivity index is 1.69. The third-order valence-electron chi connectivity index (χ3n) is 4.10. The molecular formula is C22H22INO3. The van der Waals surface area contributed by atoms with Gasteiger partial charge in [-0.05, 0) is 70.1 Å². The highest BCUT2D eigenvalue weighted by Crippen LogP contribution is 2.34. The van der Waals surface area contributed by atoms with E-state index in [0.29, 0.717) is 13.2 Å². The first-order chi connectivity index (χ1) is 13.2. The smallest absolute Gasteiger partial charge is 0.174 e. The molecule has 3 rings (SSSR count). The van der Waals surface area contributed by atoms with E-state index < -0.39 is 0 Å². The van der Waals surface area contributed by atoms with Gasteiger partial charge in [0.1, 0.15) is 12.4 Å². The molecule has 0 radical (unpaired) electrons. The Morgan fingerprint density at radius 3 is 2.26 bits per heavy atom. The van der Waals surface area contributed by atoms with Crippen molar-refractivity contribution in [3.8, 4) is 17.2 Å². The monoisotopic (exact) mass is 475 g/mol. The van der Waals surface area contributed by atoms with Crippen LogP contribution in [0.2, 0.25) is 0 Å². The molecule has 140 valence electrons. The van der Waals surface area contributed by atoms with Crippen LogP contribution in [0.15, 0.2) is 66.7 Å². The van der Waals surface area contributed by atoms with Crippen LogP contribution >= 0.6 is 22.6 Å². The fourth-order valence-corrected chi connectivity index (χ4v) is 3.48. The van der Waals surface area contributed by atoms with E-state index in [2.05, 4.69) is 34.0 Å². The van der Waals surface area contributed by atoms with Gasteiger partial charge < -0.3 is 19.5 Å². The van der Waals surface area contributed by atoms with Gasteiger partial charge in [0.2, 0.25) is 0 Å². The van der Waals surface area contributed by atoms with Crippen LogP contribution in [0.1, 0.15) is 11.1 Å². The van der Waals surface area contributed by atoms with E-state index in [-0.39, 0.29) is 0 Å². The lowest BCUT2D eigenvalue weighted by Crippen LogP contribution is -2.03. The van der Waals surface area contributed by atoms with Crippen LogP contribution in [0.3, 0.4) is 0 Å². The fraction of sp³-hybridized carbons (Fsp3) is 0.182. The van der Waals surface area contributed by atoms with Gasteiger partial charge in [0.25, 0.3) is 0 Å². The molecule has 0 spiro atoms. The van der Waals surface area contributed by atoms with Gasteiger partial charge in [-0.3, -0.25) is 0 Å². The molecule has 1 N–H and O–H groups in total. The van der Waals surface area contributed by atoms with Crippen LogP contribution in [0, 0.1) is 3.57 Å². The second-order valence-electron chi connectivity index (χ2n) is 5.97. The van der Waals surface area contributed by atoms with Gasteiger partial charge in [0.05, 0.1) is 17.8 Å². The van der Waals surface area contributed by atoms with Crippen LogP contribution in [0.4, 0.5) is 5.69 Å². The van der Waals surface area contributed by atoms with Gasteiger partial charge in [-0.1, -0.05) is 30.3 Å². The van der Waals surface area contributed by atoms with Crippen LogP contribution in [-0.4, -0.2) is 14.2 Å². The zero-order valence-electron chi connectivity index (χ0n) is 15.4. The highest BCUT2D eigenvalue weighted by molar-refractivity contribution is 14.1. The number of rotatable bonds is 8. The Bertz CT molecular complexity index is 867. The minimum absolute atomic E-state index is 0.511. The van der Waals surface area contributed by atoms with Gasteiger partial charge in [-0.2, -0.15) is 0 Å². The van der Waals surface area contributed by atoms with Crippen molar-refractivity contribution < 1.29 is 14.2 Å². The van der Waals surface area contributed by atoms with E-state index in [9.17, 15) is 0 Å². The standard InChI is InChI=1S/C22H22INO3/c1-25-19-10-8-18(9-11-19)24-14-17-12-20(23)22(21(13-17)26-2)27-15-16-6-4-3-5-7-16/h3-13,24H,14-15H2,1-2H3. The molecule has 0 saturated heterocycles. The average molecular weight is 475 g/mol. The lowest BCUT2D eigenvalue weighted by atomic mass is 10.2. The summed E-state index contributed by atoms with van der Waals surface area (Å²) >= 11 is 2.29. The highest BCUT2D eigenvalue weighted by atomic mass is 127. The minimum atomic E-state index is 0.511. The minimum Gasteiger partial charge on any atom is -0.497 e. The predicted octanol–water partition coefficient (Wildman–Crippen LogP) is 5.50. The molecule has 3 aromatic rings. The summed E-state index contributed by atoms with van der Waals surface area (Å²) in [6, 6.07) is 22.1. The summed E-state index contributed by atoms with van der Waals surface area (Å²) in [6.07, 6.45) is 0. The Morgan fingerprint density at radius 1 is 0.852 bits per heavy atom. The lowest BCUT2D eigenvalue weighted by Gasteiger charge is -2.15. The molecule has 0 fully saturated rings. The van der Waals surface area contributed by atoms with Gasteiger partial charge in [-0.15, -0.1) is 0 Å². The topological polar surface area (TPSA) is 39.7 Å². The fourth-order valence-electron chi connectivity index (χ4n) is 2.66. The Kier molecular flexibility index (Phi) is 6.81. The molecule has 0 aliphatic heterocycles. The van der Waals surface area contributed by atoms with Crippen molar-refractivity contribution in [2.24, 2.45) is 0 Å². The van der Waals surface area contributed by atoms with Crippen molar-refractivity contribution in [1.82, 2.24) is 0 Å². The molecule has 0 aliphatic carbocycles. The summed E-state index contributed by atoms with van der Waals surface area (Å²) in [6.45, 7) is 1.20. The summed E-state index contributed by atoms with van der Waals surface area (Å²) in [7, 11) is 3.33. The number of nitrogens with one attached hydrogen (secondary N) is 1. The molecule has 3 aromatic carbocycles. The number of hydrogen-bond donors (Lipinski definition) is 1. The van der Waals surface area contributed by atoms with E-state index in [0.717, 1.165) is 37.6 Å². The molecule has 0 aliphatic rings. The quantitative estimate of drug-likeness (QED) is 0.437. The Labute approximate surface area is 173 Å². The normalized spacial score (nSPS) is 10.3. The maximum Gasteiger partial charge on any atom is 0.174 e. The number of anilines is 1. The maximum atomic E-state index is 6.02. The Morgan fingerprint density at radius 2 is 1.59 bits per heavy atom. The lowest BCUT2D eigenvalue weighted by molar-refractivity contribution is 0.282.